The Kier molecular flexibility index (Phi) is 6.80. The largest absolute Gasteiger partial charge is 0.465 e. The van der Waals surface area contributed by atoms with E-state index in [4.69, 9.17) is 9.47 Å². The Morgan fingerprint density at radius 3 is 2.25 bits per heavy atom. The summed E-state index contributed by atoms with van der Waals surface area (Å²) in [5.74, 6) is -2.02. The summed E-state index contributed by atoms with van der Waals surface area (Å²) in [5.41, 5.74) is 1.19. The molecule has 4 rings (SSSR count). The van der Waals surface area contributed by atoms with Crippen molar-refractivity contribution in [2.24, 2.45) is 11.8 Å². The summed E-state index contributed by atoms with van der Waals surface area (Å²) in [5, 5.41) is -1.17. The first-order valence-electron chi connectivity index (χ1n) is 10.7. The second kappa shape index (κ2) is 9.58. The van der Waals surface area contributed by atoms with Gasteiger partial charge in [0, 0.05) is 0 Å². The molecule has 1 aromatic heterocycles. The lowest BCUT2D eigenvalue weighted by Gasteiger charge is -2.19. The Bertz CT molecular complexity index is 1030. The highest BCUT2D eigenvalue weighted by Crippen LogP contribution is 2.41. The predicted octanol–water partition coefficient (Wildman–Crippen LogP) is 3.56. The highest BCUT2D eigenvalue weighted by molar-refractivity contribution is 8.03. The minimum atomic E-state index is -1.17. The van der Waals surface area contributed by atoms with Crippen LogP contribution in [0.15, 0.2) is 22.5 Å². The second-order valence-electron chi connectivity index (χ2n) is 7.64. The summed E-state index contributed by atoms with van der Waals surface area (Å²) in [7, 11) is 0. The summed E-state index contributed by atoms with van der Waals surface area (Å²) in [6, 6.07) is 5.24. The lowest BCUT2D eigenvalue weighted by atomic mass is 9.81. The molecule has 2 amide bonds. The molecule has 32 heavy (non-hydrogen) atoms. The van der Waals surface area contributed by atoms with Crippen LogP contribution in [-0.2, 0) is 28.7 Å². The van der Waals surface area contributed by atoms with Crippen LogP contribution >= 0.6 is 23.1 Å². The molecule has 1 saturated carbocycles. The third kappa shape index (κ3) is 4.25. The number of nitrogens with zero attached hydrogens (tertiary/aromatic N) is 2. The number of anilines is 1. The number of hydrogen-bond acceptors (Lipinski definition) is 9. The highest BCUT2D eigenvalue weighted by Gasteiger charge is 2.48. The number of fused-ring (bicyclic) bond motifs is 2. The minimum Gasteiger partial charge on any atom is -0.465 e. The monoisotopic (exact) mass is 476 g/mol. The van der Waals surface area contributed by atoms with E-state index in [9.17, 15) is 19.2 Å². The van der Waals surface area contributed by atoms with Crippen molar-refractivity contribution in [2.45, 2.75) is 49.1 Å². The van der Waals surface area contributed by atoms with E-state index in [1.165, 1.54) is 16.2 Å². The molecule has 0 bridgehead atoms. The summed E-state index contributed by atoms with van der Waals surface area (Å²) < 4.78 is 11.3. The number of rotatable bonds is 7. The average Bonchev–Trinajstić information content (AvgIpc) is 3.30. The molecular weight excluding hydrogens is 452 g/mol. The summed E-state index contributed by atoms with van der Waals surface area (Å²) in [6.45, 7) is 3.64. The van der Waals surface area contributed by atoms with Gasteiger partial charge < -0.3 is 9.47 Å². The van der Waals surface area contributed by atoms with Crippen LogP contribution in [0.1, 0.15) is 39.5 Å². The molecule has 170 valence electrons. The van der Waals surface area contributed by atoms with Gasteiger partial charge in [-0.1, -0.05) is 24.6 Å². The topological polar surface area (TPSA) is 103 Å². The van der Waals surface area contributed by atoms with Crippen LogP contribution in [0.4, 0.5) is 5.69 Å². The number of esters is 2. The molecule has 8 nitrogen and oxygen atoms in total. The Balaban J connectivity index is 1.59. The van der Waals surface area contributed by atoms with Gasteiger partial charge >= 0.3 is 11.9 Å². The number of amides is 2. The molecule has 1 saturated heterocycles. The Morgan fingerprint density at radius 1 is 1.09 bits per heavy atom. The number of hydrogen-bond donors (Lipinski definition) is 0. The minimum absolute atomic E-state index is 0.122. The highest BCUT2D eigenvalue weighted by atomic mass is 32.2. The third-order valence-electron chi connectivity index (χ3n) is 5.67. The zero-order valence-corrected chi connectivity index (χ0v) is 19.5. The van der Waals surface area contributed by atoms with Crippen molar-refractivity contribution in [3.05, 3.63) is 18.2 Å². The smallest absolute Gasteiger partial charge is 0.331 e. The van der Waals surface area contributed by atoms with Crippen LogP contribution in [0.25, 0.3) is 10.2 Å². The van der Waals surface area contributed by atoms with E-state index in [1.54, 1.807) is 32.0 Å². The molecule has 2 aliphatic rings. The van der Waals surface area contributed by atoms with Crippen LogP contribution < -0.4 is 4.90 Å². The van der Waals surface area contributed by atoms with Gasteiger partial charge in [-0.2, -0.15) is 0 Å². The van der Waals surface area contributed by atoms with Crippen molar-refractivity contribution >= 4 is 62.8 Å². The van der Waals surface area contributed by atoms with Gasteiger partial charge in [-0.25, -0.2) is 4.98 Å². The van der Waals surface area contributed by atoms with Crippen LogP contribution in [0.5, 0.6) is 0 Å². The number of ether oxygens (including phenoxy) is 2. The number of carbonyl (C=O) groups excluding carboxylic acids is 4. The van der Waals surface area contributed by atoms with Crippen LogP contribution in [0.3, 0.4) is 0 Å². The van der Waals surface area contributed by atoms with E-state index in [1.807, 2.05) is 0 Å². The Morgan fingerprint density at radius 2 is 1.69 bits per heavy atom. The predicted molar refractivity (Wildman–Crippen MR) is 120 cm³/mol. The first-order chi connectivity index (χ1) is 15.4. The van der Waals surface area contributed by atoms with E-state index in [0.717, 1.165) is 42.1 Å². The second-order valence-corrected chi connectivity index (χ2v) is 10.0. The molecule has 1 aliphatic heterocycles. The SMILES string of the molecule is CCOC(=O)C(Sc1nc2ccc(N3C(=O)[C@@H]4CCCC[C@H]4C3=O)cc2s1)C(=O)OCC. The molecule has 2 atom stereocenters. The fourth-order valence-corrected chi connectivity index (χ4v) is 6.39. The zero-order valence-electron chi connectivity index (χ0n) is 17.9. The number of benzene rings is 1. The van der Waals surface area contributed by atoms with Crippen molar-refractivity contribution in [3.8, 4) is 0 Å². The summed E-state index contributed by atoms with van der Waals surface area (Å²) in [6.07, 6.45) is 3.48. The van der Waals surface area contributed by atoms with Crippen molar-refractivity contribution in [1.82, 2.24) is 4.98 Å². The molecule has 0 radical (unpaired) electrons. The van der Waals surface area contributed by atoms with E-state index in [0.29, 0.717) is 15.5 Å². The maximum absolute atomic E-state index is 12.9. The molecule has 1 aromatic carbocycles. The molecule has 2 heterocycles. The number of imide groups is 1. The molecule has 10 heteroatoms. The van der Waals surface area contributed by atoms with E-state index < -0.39 is 17.2 Å². The molecule has 2 aromatic rings. The van der Waals surface area contributed by atoms with Crippen molar-refractivity contribution in [2.75, 3.05) is 18.1 Å². The van der Waals surface area contributed by atoms with Crippen molar-refractivity contribution in [3.63, 3.8) is 0 Å². The third-order valence-corrected chi connectivity index (χ3v) is 7.94. The van der Waals surface area contributed by atoms with E-state index in [-0.39, 0.29) is 36.9 Å². The molecular formula is C22H24N2O6S2. The Labute approximate surface area is 193 Å². The van der Waals surface area contributed by atoms with Gasteiger partial charge in [0.1, 0.15) is 0 Å². The number of aromatic nitrogens is 1. The van der Waals surface area contributed by atoms with Crippen LogP contribution in [0.2, 0.25) is 0 Å². The van der Waals surface area contributed by atoms with Crippen LogP contribution in [-0.4, -0.2) is 47.2 Å². The van der Waals surface area contributed by atoms with Crippen molar-refractivity contribution in [1.29, 1.82) is 0 Å². The molecule has 0 unspecified atom stereocenters. The van der Waals surface area contributed by atoms with E-state index >= 15 is 0 Å². The molecule has 2 fully saturated rings. The number of thioether (sulfide) groups is 1. The van der Waals surface area contributed by atoms with Gasteiger partial charge in [-0.15, -0.1) is 11.3 Å². The van der Waals surface area contributed by atoms with Crippen molar-refractivity contribution < 1.29 is 28.7 Å². The molecule has 0 spiro atoms. The van der Waals surface area contributed by atoms with Crippen LogP contribution in [0, 0.1) is 11.8 Å². The fraction of sp³-hybridized carbons (Fsp3) is 0.500. The van der Waals surface area contributed by atoms with Gasteiger partial charge in [0.05, 0.1) is 41.0 Å². The van der Waals surface area contributed by atoms with Gasteiger partial charge in [0.2, 0.25) is 17.1 Å². The number of carbonyl (C=O) groups is 4. The van der Waals surface area contributed by atoms with E-state index in [2.05, 4.69) is 4.98 Å². The van der Waals surface area contributed by atoms with Gasteiger partial charge in [0.25, 0.3) is 0 Å². The standard InChI is InChI=1S/C22H24N2O6S2/c1-3-29-20(27)17(21(28)30-4-2)32-22-23-15-10-9-12(11-16(15)31-22)24-18(25)13-7-5-6-8-14(13)19(24)26/h9-11,13-14,17H,3-8H2,1-2H3/t13-,14-/m1/s1. The maximum atomic E-state index is 12.9. The average molecular weight is 477 g/mol. The normalized spacial score (nSPS) is 20.7. The van der Waals surface area contributed by atoms with Gasteiger partial charge in [-0.05, 0) is 44.9 Å². The maximum Gasteiger partial charge on any atom is 0.331 e. The first kappa shape index (κ1) is 22.7. The summed E-state index contributed by atoms with van der Waals surface area (Å²) in [4.78, 5) is 56.1. The lowest BCUT2D eigenvalue weighted by Crippen LogP contribution is -2.30. The lowest BCUT2D eigenvalue weighted by molar-refractivity contribution is -0.153. The first-order valence-corrected chi connectivity index (χ1v) is 12.4. The Hall–Kier alpha value is -2.46. The quantitative estimate of drug-likeness (QED) is 0.259. The molecule has 1 aliphatic carbocycles. The zero-order chi connectivity index (χ0) is 22.8. The molecule has 0 N–H and O–H groups in total. The van der Waals surface area contributed by atoms with Gasteiger partial charge in [-0.3, -0.25) is 24.1 Å². The fourth-order valence-electron chi connectivity index (χ4n) is 4.23. The van der Waals surface area contributed by atoms with Gasteiger partial charge in [0.15, 0.2) is 4.34 Å². The number of thiazole rings is 1. The summed E-state index contributed by atoms with van der Waals surface area (Å²) >= 11 is 2.26.